The maximum Gasteiger partial charge on any atom is 0.385 e. The van der Waals surface area contributed by atoms with Crippen molar-refractivity contribution in [2.45, 2.75) is 25.3 Å². The number of rotatable bonds is 7. The molecule has 8 heteroatoms. The van der Waals surface area contributed by atoms with Gasteiger partial charge in [0.2, 0.25) is 6.54 Å². The van der Waals surface area contributed by atoms with Crippen LogP contribution in [0.3, 0.4) is 0 Å². The molecule has 1 aromatic carbocycles. The molecule has 0 amide bonds. The Labute approximate surface area is 121 Å². The minimum absolute atomic E-state index is 0.0394. The van der Waals surface area contributed by atoms with E-state index in [1.54, 1.807) is 18.2 Å². The van der Waals surface area contributed by atoms with Crippen molar-refractivity contribution in [1.29, 1.82) is 0 Å². The summed E-state index contributed by atoms with van der Waals surface area (Å²) in [7, 11) is 0. The van der Waals surface area contributed by atoms with Gasteiger partial charge in [0.1, 0.15) is 5.92 Å². The zero-order valence-electron chi connectivity index (χ0n) is 11.7. The van der Waals surface area contributed by atoms with E-state index < -0.39 is 33.8 Å². The number of nitrogens with zero attached hydrogens (tertiary/aromatic N) is 2. The van der Waals surface area contributed by atoms with Crippen LogP contribution in [0.2, 0.25) is 0 Å². The van der Waals surface area contributed by atoms with E-state index in [1.807, 2.05) is 0 Å². The monoisotopic (exact) mass is 296 g/mol. The summed E-state index contributed by atoms with van der Waals surface area (Å²) in [6.07, 6.45) is 0. The van der Waals surface area contributed by atoms with Crippen LogP contribution < -0.4 is 0 Å². The van der Waals surface area contributed by atoms with Gasteiger partial charge in [-0.25, -0.2) is 4.79 Å². The third-order valence-electron chi connectivity index (χ3n) is 3.28. The van der Waals surface area contributed by atoms with Crippen molar-refractivity contribution in [3.05, 3.63) is 56.1 Å². The Morgan fingerprint density at radius 3 is 2.29 bits per heavy atom. The van der Waals surface area contributed by atoms with E-state index in [9.17, 15) is 25.0 Å². The van der Waals surface area contributed by atoms with Crippen molar-refractivity contribution in [2.24, 2.45) is 0 Å². The van der Waals surface area contributed by atoms with Crippen LogP contribution >= 0.6 is 0 Å². The lowest BCUT2D eigenvalue weighted by molar-refractivity contribution is -0.570. The predicted molar refractivity (Wildman–Crippen MR) is 73.1 cm³/mol. The first-order valence-corrected chi connectivity index (χ1v) is 6.32. The Morgan fingerprint density at radius 1 is 1.29 bits per heavy atom. The molecule has 0 spiro atoms. The van der Waals surface area contributed by atoms with Crippen LogP contribution in [0.25, 0.3) is 0 Å². The molecular formula is C13H16N2O6. The van der Waals surface area contributed by atoms with E-state index in [4.69, 9.17) is 4.74 Å². The average Bonchev–Trinajstić information content (AvgIpc) is 2.44. The Bertz CT molecular complexity index is 533. The molecule has 8 nitrogen and oxygen atoms in total. The molecule has 0 aromatic heterocycles. The minimum atomic E-state index is -2.22. The van der Waals surface area contributed by atoms with Gasteiger partial charge in [-0.2, -0.15) is 0 Å². The lowest BCUT2D eigenvalue weighted by atomic mass is 9.81. The highest BCUT2D eigenvalue weighted by Crippen LogP contribution is 2.32. The largest absolute Gasteiger partial charge is 0.461 e. The van der Waals surface area contributed by atoms with E-state index in [-0.39, 0.29) is 6.61 Å². The third-order valence-corrected chi connectivity index (χ3v) is 3.28. The number of hydrogen-bond acceptors (Lipinski definition) is 6. The number of hydrogen-bond donors (Lipinski definition) is 0. The van der Waals surface area contributed by atoms with Gasteiger partial charge in [0.15, 0.2) is 0 Å². The summed E-state index contributed by atoms with van der Waals surface area (Å²) in [5, 5.41) is 22.3. The van der Waals surface area contributed by atoms with Crippen LogP contribution in [0.4, 0.5) is 0 Å². The Kier molecular flexibility index (Phi) is 5.34. The Hall–Kier alpha value is -2.51. The number of ether oxygens (including phenoxy) is 1. The molecular weight excluding hydrogens is 280 g/mol. The van der Waals surface area contributed by atoms with Crippen molar-refractivity contribution >= 4 is 5.97 Å². The third kappa shape index (κ3) is 3.53. The maximum atomic E-state index is 12.0. The van der Waals surface area contributed by atoms with E-state index >= 15 is 0 Å². The second-order valence-corrected chi connectivity index (χ2v) is 4.60. The smallest absolute Gasteiger partial charge is 0.385 e. The average molecular weight is 296 g/mol. The fourth-order valence-electron chi connectivity index (χ4n) is 2.06. The number of nitro groups is 2. The van der Waals surface area contributed by atoms with E-state index in [0.29, 0.717) is 5.56 Å². The fourth-order valence-corrected chi connectivity index (χ4v) is 2.06. The summed E-state index contributed by atoms with van der Waals surface area (Å²) in [5.41, 5.74) is -1.87. The maximum absolute atomic E-state index is 12.0. The second kappa shape index (κ2) is 6.78. The molecule has 0 unspecified atom stereocenters. The van der Waals surface area contributed by atoms with Gasteiger partial charge in [0.05, 0.1) is 6.61 Å². The number of benzene rings is 1. The first kappa shape index (κ1) is 16.5. The lowest BCUT2D eigenvalue weighted by Gasteiger charge is -2.25. The molecule has 0 N–H and O–H groups in total. The summed E-state index contributed by atoms with van der Waals surface area (Å²) in [5.74, 6) is -2.30. The van der Waals surface area contributed by atoms with Crippen LogP contribution in [0.15, 0.2) is 30.3 Å². The molecule has 1 aromatic rings. The van der Waals surface area contributed by atoms with Gasteiger partial charge in [-0.1, -0.05) is 30.3 Å². The Balaban J connectivity index is 3.34. The van der Waals surface area contributed by atoms with Crippen molar-refractivity contribution in [3.63, 3.8) is 0 Å². The Morgan fingerprint density at radius 2 is 1.86 bits per heavy atom. The first-order chi connectivity index (χ1) is 9.83. The highest BCUT2D eigenvalue weighted by Gasteiger charge is 2.57. The van der Waals surface area contributed by atoms with Gasteiger partial charge < -0.3 is 4.74 Å². The summed E-state index contributed by atoms with van der Waals surface area (Å²) in [6.45, 7) is 1.80. The highest BCUT2D eigenvalue weighted by molar-refractivity contribution is 5.80. The zero-order valence-corrected chi connectivity index (χ0v) is 11.7. The van der Waals surface area contributed by atoms with Crippen LogP contribution in [0, 0.1) is 20.2 Å². The van der Waals surface area contributed by atoms with Crippen molar-refractivity contribution < 1.29 is 19.4 Å². The summed E-state index contributed by atoms with van der Waals surface area (Å²) < 4.78 is 4.75. The number of carbonyl (C=O) groups excluding carboxylic acids is 1. The van der Waals surface area contributed by atoms with E-state index in [1.165, 1.54) is 19.1 Å². The fraction of sp³-hybridized carbons (Fsp3) is 0.462. The van der Waals surface area contributed by atoms with Gasteiger partial charge in [0.25, 0.3) is 0 Å². The van der Waals surface area contributed by atoms with Crippen LogP contribution in [0.5, 0.6) is 0 Å². The van der Waals surface area contributed by atoms with Crippen molar-refractivity contribution in [2.75, 3.05) is 13.2 Å². The van der Waals surface area contributed by atoms with E-state index in [0.717, 1.165) is 6.92 Å². The minimum Gasteiger partial charge on any atom is -0.461 e. The van der Waals surface area contributed by atoms with Gasteiger partial charge in [-0.05, 0) is 12.5 Å². The normalized spacial score (nSPS) is 14.8. The molecule has 0 aliphatic heterocycles. The van der Waals surface area contributed by atoms with Gasteiger partial charge in [0, 0.05) is 16.8 Å². The summed E-state index contributed by atoms with van der Waals surface area (Å²) in [6, 6.07) is 7.94. The molecule has 2 atom stereocenters. The summed E-state index contributed by atoms with van der Waals surface area (Å²) >= 11 is 0. The van der Waals surface area contributed by atoms with Crippen molar-refractivity contribution in [3.8, 4) is 0 Å². The first-order valence-electron chi connectivity index (χ1n) is 6.32. The molecule has 0 aliphatic carbocycles. The number of carbonyl (C=O) groups is 1. The molecule has 0 saturated carbocycles. The van der Waals surface area contributed by atoms with Crippen molar-refractivity contribution in [1.82, 2.24) is 0 Å². The molecule has 21 heavy (non-hydrogen) atoms. The highest BCUT2D eigenvalue weighted by atomic mass is 16.6. The number of esters is 1. The molecule has 114 valence electrons. The molecule has 0 bridgehead atoms. The standard InChI is InChI=1S/C13H16N2O6/c1-3-21-12(16)13(2,15(19)20)11(9-14(17)18)10-7-5-4-6-8-10/h4-8,11H,3,9H2,1-2H3/t11-,13+/m1/s1. The molecule has 0 fully saturated rings. The molecule has 0 saturated heterocycles. The summed E-state index contributed by atoms with van der Waals surface area (Å²) in [4.78, 5) is 32.8. The quantitative estimate of drug-likeness (QED) is 0.429. The SMILES string of the molecule is CCOC(=O)[C@](C)([C@H](C[N+](=O)[O-])c1ccccc1)[N+](=O)[O-]. The van der Waals surface area contributed by atoms with Crippen LogP contribution in [-0.2, 0) is 9.53 Å². The van der Waals surface area contributed by atoms with Gasteiger partial charge in [-0.3, -0.25) is 20.2 Å². The zero-order chi connectivity index (χ0) is 16.0. The molecule has 0 aliphatic rings. The second-order valence-electron chi connectivity index (χ2n) is 4.60. The predicted octanol–water partition coefficient (Wildman–Crippen LogP) is 1.65. The lowest BCUT2D eigenvalue weighted by Crippen LogP contribution is -2.51. The molecule has 0 radical (unpaired) electrons. The van der Waals surface area contributed by atoms with Gasteiger partial charge in [-0.15, -0.1) is 0 Å². The molecule has 0 heterocycles. The van der Waals surface area contributed by atoms with E-state index in [2.05, 4.69) is 0 Å². The van der Waals surface area contributed by atoms with Gasteiger partial charge >= 0.3 is 11.5 Å². The topological polar surface area (TPSA) is 113 Å². The molecule has 1 rings (SSSR count). The van der Waals surface area contributed by atoms with Crippen LogP contribution in [0.1, 0.15) is 25.3 Å². The van der Waals surface area contributed by atoms with Crippen LogP contribution in [-0.4, -0.2) is 34.5 Å².